The number of rotatable bonds is 6. The second-order valence-corrected chi connectivity index (χ2v) is 6.08. The standard InChI is InChI=1S/C17H20BN7O2/c1-24-9-21-14-15(24)13(16(19)23-17(14)25(2)18)11-6-4-5-10(22-11)7-20-12(26)8-27-3/h4-6,9H,7-8H2,1-3H3,(H2,19,23)(H,20,26). The first-order chi connectivity index (χ1) is 12.9. The molecule has 0 unspecified atom stereocenters. The van der Waals surface area contributed by atoms with E-state index in [1.807, 2.05) is 29.8 Å². The molecule has 3 aromatic rings. The lowest BCUT2D eigenvalue weighted by Gasteiger charge is -2.16. The Kier molecular flexibility index (Phi) is 5.27. The van der Waals surface area contributed by atoms with Crippen molar-refractivity contribution in [3.8, 4) is 11.3 Å². The maximum absolute atomic E-state index is 11.6. The number of carbonyl (C=O) groups is 1. The predicted octanol–water partition coefficient (Wildman–Crippen LogP) is 0.395. The highest BCUT2D eigenvalue weighted by molar-refractivity contribution is 6.20. The number of nitrogen functional groups attached to an aromatic ring is 1. The molecule has 0 bridgehead atoms. The molecular weight excluding hydrogens is 345 g/mol. The molecule has 3 heterocycles. The summed E-state index contributed by atoms with van der Waals surface area (Å²) >= 11 is 0. The molecule has 0 fully saturated rings. The fourth-order valence-electron chi connectivity index (χ4n) is 2.82. The molecule has 0 saturated carbocycles. The Morgan fingerprint density at radius 2 is 2.19 bits per heavy atom. The second kappa shape index (κ2) is 7.62. The van der Waals surface area contributed by atoms with Gasteiger partial charge in [0.15, 0.2) is 0 Å². The summed E-state index contributed by atoms with van der Waals surface area (Å²) in [6, 6.07) is 5.51. The number of hydrogen-bond acceptors (Lipinski definition) is 7. The molecule has 1 amide bonds. The molecule has 0 aliphatic carbocycles. The molecule has 0 saturated heterocycles. The Bertz CT molecular complexity index is 987. The van der Waals surface area contributed by atoms with E-state index >= 15 is 0 Å². The number of aromatic nitrogens is 4. The number of carbonyl (C=O) groups excluding carboxylic acids is 1. The van der Waals surface area contributed by atoms with Crippen LogP contribution in [0, 0.1) is 0 Å². The number of pyridine rings is 2. The smallest absolute Gasteiger partial charge is 0.246 e. The molecule has 0 atom stereocenters. The van der Waals surface area contributed by atoms with Crippen LogP contribution in [-0.2, 0) is 23.1 Å². The van der Waals surface area contributed by atoms with Crippen LogP contribution in [0.2, 0.25) is 0 Å². The third kappa shape index (κ3) is 3.70. The van der Waals surface area contributed by atoms with E-state index < -0.39 is 0 Å². The van der Waals surface area contributed by atoms with E-state index in [9.17, 15) is 4.79 Å². The largest absolute Gasteiger partial charge is 0.411 e. The van der Waals surface area contributed by atoms with Crippen LogP contribution >= 0.6 is 0 Å². The first-order valence-corrected chi connectivity index (χ1v) is 8.23. The van der Waals surface area contributed by atoms with Crippen LogP contribution in [0.15, 0.2) is 24.5 Å². The van der Waals surface area contributed by atoms with E-state index in [1.165, 1.54) is 11.9 Å². The zero-order valence-electron chi connectivity index (χ0n) is 15.4. The average Bonchev–Trinajstić information content (AvgIpc) is 3.01. The number of nitrogens with zero attached hydrogens (tertiary/aromatic N) is 5. The molecule has 3 aromatic heterocycles. The van der Waals surface area contributed by atoms with Crippen molar-refractivity contribution in [2.24, 2.45) is 7.05 Å². The first-order valence-electron chi connectivity index (χ1n) is 8.23. The van der Waals surface area contributed by atoms with Crippen molar-refractivity contribution in [1.82, 2.24) is 24.8 Å². The van der Waals surface area contributed by atoms with Crippen LogP contribution in [0.3, 0.4) is 0 Å². The Labute approximate surface area is 158 Å². The predicted molar refractivity (Wildman–Crippen MR) is 104 cm³/mol. The first kappa shape index (κ1) is 18.6. The van der Waals surface area contributed by atoms with Crippen molar-refractivity contribution in [1.29, 1.82) is 0 Å². The number of methoxy groups -OCH3 is 1. The average molecular weight is 365 g/mol. The molecule has 0 aliphatic heterocycles. The lowest BCUT2D eigenvalue weighted by molar-refractivity contribution is -0.124. The van der Waals surface area contributed by atoms with Gasteiger partial charge in [-0.1, -0.05) is 6.07 Å². The van der Waals surface area contributed by atoms with Crippen molar-refractivity contribution in [2.75, 3.05) is 31.3 Å². The SMILES string of the molecule is [B]N(C)c1nc(N)c(-c2cccc(CNC(=O)COC)n2)c2c1ncn2C. The molecule has 10 heteroatoms. The Morgan fingerprint density at radius 1 is 1.41 bits per heavy atom. The van der Waals surface area contributed by atoms with E-state index in [0.29, 0.717) is 34.1 Å². The number of nitrogens with one attached hydrogen (secondary N) is 1. The van der Waals surface area contributed by atoms with E-state index in [-0.39, 0.29) is 19.1 Å². The highest BCUT2D eigenvalue weighted by Crippen LogP contribution is 2.35. The van der Waals surface area contributed by atoms with E-state index in [2.05, 4.69) is 20.3 Å². The minimum atomic E-state index is -0.213. The van der Waals surface area contributed by atoms with E-state index in [0.717, 1.165) is 5.52 Å². The lowest BCUT2D eigenvalue weighted by Crippen LogP contribution is -2.26. The van der Waals surface area contributed by atoms with Gasteiger partial charge < -0.3 is 25.2 Å². The summed E-state index contributed by atoms with van der Waals surface area (Å²) < 4.78 is 6.65. The van der Waals surface area contributed by atoms with Crippen LogP contribution in [0.1, 0.15) is 5.69 Å². The maximum atomic E-state index is 11.6. The third-order valence-corrected chi connectivity index (χ3v) is 4.01. The summed E-state index contributed by atoms with van der Waals surface area (Å²) in [6.45, 7) is 0.280. The lowest BCUT2D eigenvalue weighted by atomic mass is 10.1. The number of aryl methyl sites for hydroxylation is 1. The highest BCUT2D eigenvalue weighted by Gasteiger charge is 2.19. The summed E-state index contributed by atoms with van der Waals surface area (Å²) in [5.74, 6) is 0.566. The number of fused-ring (bicyclic) bond motifs is 1. The molecule has 0 aromatic carbocycles. The Hall–Kier alpha value is -3.14. The third-order valence-electron chi connectivity index (χ3n) is 4.01. The van der Waals surface area contributed by atoms with Gasteiger partial charge in [-0.2, -0.15) is 0 Å². The van der Waals surface area contributed by atoms with Crippen molar-refractivity contribution in [2.45, 2.75) is 6.54 Å². The van der Waals surface area contributed by atoms with Crippen LogP contribution in [0.4, 0.5) is 11.6 Å². The van der Waals surface area contributed by atoms with E-state index in [4.69, 9.17) is 18.5 Å². The molecular formula is C17H20BN7O2. The zero-order valence-corrected chi connectivity index (χ0v) is 15.4. The molecule has 2 radical (unpaired) electrons. The van der Waals surface area contributed by atoms with Crippen molar-refractivity contribution in [3.05, 3.63) is 30.2 Å². The second-order valence-electron chi connectivity index (χ2n) is 6.08. The highest BCUT2D eigenvalue weighted by atomic mass is 16.5. The molecule has 27 heavy (non-hydrogen) atoms. The molecule has 3 rings (SSSR count). The van der Waals surface area contributed by atoms with E-state index in [1.54, 1.807) is 13.4 Å². The van der Waals surface area contributed by atoms with Gasteiger partial charge in [0, 0.05) is 14.2 Å². The summed E-state index contributed by atoms with van der Waals surface area (Å²) in [5, 5.41) is 2.75. The summed E-state index contributed by atoms with van der Waals surface area (Å²) in [4.78, 5) is 26.4. The van der Waals surface area contributed by atoms with Gasteiger partial charge in [0.25, 0.3) is 0 Å². The number of nitrogens with two attached hydrogens (primary N) is 1. The van der Waals surface area contributed by atoms with Gasteiger partial charge in [-0.25, -0.2) is 9.97 Å². The number of imidazole rings is 1. The fourth-order valence-corrected chi connectivity index (χ4v) is 2.82. The Balaban J connectivity index is 2.04. The van der Waals surface area contributed by atoms with Crippen LogP contribution < -0.4 is 15.9 Å². The van der Waals surface area contributed by atoms with Gasteiger partial charge in [-0.05, 0) is 19.2 Å². The van der Waals surface area contributed by atoms with Crippen LogP contribution in [0.5, 0.6) is 0 Å². The monoisotopic (exact) mass is 365 g/mol. The van der Waals surface area contributed by atoms with Crippen molar-refractivity contribution < 1.29 is 9.53 Å². The topological polar surface area (TPSA) is 111 Å². The summed E-state index contributed by atoms with van der Waals surface area (Å²) in [6.07, 6.45) is 1.68. The summed E-state index contributed by atoms with van der Waals surface area (Å²) in [5.41, 5.74) is 9.64. The number of hydrogen-bond donors (Lipinski definition) is 2. The number of anilines is 2. The molecule has 138 valence electrons. The van der Waals surface area contributed by atoms with Gasteiger partial charge in [0.2, 0.25) is 13.9 Å². The minimum absolute atomic E-state index is 0.000267. The van der Waals surface area contributed by atoms with Gasteiger partial charge in [0.1, 0.15) is 23.8 Å². The zero-order chi connectivity index (χ0) is 19.6. The summed E-state index contributed by atoms with van der Waals surface area (Å²) in [7, 11) is 10.9. The van der Waals surface area contributed by atoms with Gasteiger partial charge in [-0.3, -0.25) is 9.78 Å². The number of ether oxygens (including phenoxy) is 1. The Morgan fingerprint density at radius 3 is 2.89 bits per heavy atom. The van der Waals surface area contributed by atoms with Crippen molar-refractivity contribution >= 4 is 36.6 Å². The molecule has 0 spiro atoms. The maximum Gasteiger partial charge on any atom is 0.246 e. The normalized spacial score (nSPS) is 10.9. The van der Waals surface area contributed by atoms with Crippen LogP contribution in [0.25, 0.3) is 22.3 Å². The van der Waals surface area contributed by atoms with Gasteiger partial charge in [-0.15, -0.1) is 0 Å². The van der Waals surface area contributed by atoms with Crippen molar-refractivity contribution in [3.63, 3.8) is 0 Å². The molecule has 9 nitrogen and oxygen atoms in total. The number of amides is 1. The van der Waals surface area contributed by atoms with Gasteiger partial charge >= 0.3 is 0 Å². The minimum Gasteiger partial charge on any atom is -0.411 e. The fraction of sp³-hybridized carbons (Fsp3) is 0.294. The van der Waals surface area contributed by atoms with Crippen LogP contribution in [-0.4, -0.2) is 54.2 Å². The quantitative estimate of drug-likeness (QED) is 0.608. The molecule has 0 aliphatic rings. The molecule has 3 N–H and O–H groups in total. The van der Waals surface area contributed by atoms with Gasteiger partial charge in [0.05, 0.1) is 35.3 Å².